The largest absolute Gasteiger partial charge is 0.456 e. The molecule has 0 aliphatic heterocycles. The normalized spacial score (nSPS) is 11.5. The Hall–Kier alpha value is -3.20. The summed E-state index contributed by atoms with van der Waals surface area (Å²) >= 11 is 0. The van der Waals surface area contributed by atoms with Crippen LogP contribution >= 0.6 is 0 Å². The van der Waals surface area contributed by atoms with Crippen LogP contribution in [0, 0.1) is 0 Å². The van der Waals surface area contributed by atoms with E-state index >= 15 is 0 Å². The molecule has 5 aromatic rings. The molecule has 5 rings (SSSR count). The molecule has 0 atom stereocenters. The Morgan fingerprint density at radius 1 is 0.583 bits per heavy atom. The zero-order valence-corrected chi connectivity index (χ0v) is 13.2. The van der Waals surface area contributed by atoms with Crippen LogP contribution in [-0.4, -0.2) is 4.57 Å². The molecule has 0 radical (unpaired) electrons. The van der Waals surface area contributed by atoms with Gasteiger partial charge in [-0.2, -0.15) is 0 Å². The van der Waals surface area contributed by atoms with Crippen LogP contribution in [0.2, 0.25) is 0 Å². The summed E-state index contributed by atoms with van der Waals surface area (Å²) in [4.78, 5) is 0. The molecule has 3 aromatic carbocycles. The second kappa shape index (κ2) is 4.90. The fourth-order valence-electron chi connectivity index (χ4n) is 3.21. The summed E-state index contributed by atoms with van der Waals surface area (Å²) in [5, 5.41) is 2.09. The highest BCUT2D eigenvalue weighted by molar-refractivity contribution is 5.95. The van der Waals surface area contributed by atoms with E-state index in [0.29, 0.717) is 0 Å². The number of aryl methyl sites for hydroxylation is 1. The van der Waals surface area contributed by atoms with Crippen molar-refractivity contribution in [3.8, 4) is 0 Å². The van der Waals surface area contributed by atoms with E-state index in [4.69, 9.17) is 8.83 Å². The Balaban J connectivity index is 1.98. The third kappa shape index (κ3) is 1.91. The summed E-state index contributed by atoms with van der Waals surface area (Å²) in [7, 11) is 2.05. The van der Waals surface area contributed by atoms with Gasteiger partial charge in [-0.15, -0.1) is 0 Å². The molecule has 0 fully saturated rings. The van der Waals surface area contributed by atoms with E-state index in [2.05, 4.69) is 28.8 Å². The number of rotatable bonds is 0. The average molecular weight is 313 g/mol. The van der Waals surface area contributed by atoms with E-state index in [0.717, 1.165) is 44.1 Å². The summed E-state index contributed by atoms with van der Waals surface area (Å²) in [5.74, 6) is 0. The van der Waals surface area contributed by atoms with E-state index in [1.165, 1.54) is 0 Å². The van der Waals surface area contributed by atoms with Gasteiger partial charge in [-0.3, -0.25) is 0 Å². The van der Waals surface area contributed by atoms with Crippen LogP contribution in [0.3, 0.4) is 0 Å². The molecule has 3 nitrogen and oxygen atoms in total. The second-order valence-electron chi connectivity index (χ2n) is 5.96. The second-order valence-corrected chi connectivity index (χ2v) is 5.96. The van der Waals surface area contributed by atoms with Crippen molar-refractivity contribution < 1.29 is 8.83 Å². The van der Waals surface area contributed by atoms with Crippen LogP contribution in [0.15, 0.2) is 81.6 Å². The van der Waals surface area contributed by atoms with Crippen LogP contribution in [0.1, 0.15) is 0 Å². The van der Waals surface area contributed by atoms with Gasteiger partial charge in [0, 0.05) is 23.9 Å². The summed E-state index contributed by atoms with van der Waals surface area (Å²) in [6.07, 6.45) is 0. The first-order valence-electron chi connectivity index (χ1n) is 7.93. The molecule has 0 unspecified atom stereocenters. The average Bonchev–Trinajstić information content (AvgIpc) is 2.79. The molecule has 3 heteroatoms. The minimum atomic E-state index is 0.838. The van der Waals surface area contributed by atoms with E-state index < -0.39 is 0 Å². The highest BCUT2D eigenvalue weighted by Crippen LogP contribution is 2.28. The summed E-state index contributed by atoms with van der Waals surface area (Å²) in [5.41, 5.74) is 5.47. The van der Waals surface area contributed by atoms with E-state index in [1.807, 2.05) is 55.6 Å². The lowest BCUT2D eigenvalue weighted by Gasteiger charge is -2.10. The summed E-state index contributed by atoms with van der Waals surface area (Å²) in [6, 6.07) is 24.3. The van der Waals surface area contributed by atoms with Crippen molar-refractivity contribution in [2.75, 3.05) is 0 Å². The van der Waals surface area contributed by atoms with Crippen molar-refractivity contribution in [1.82, 2.24) is 4.57 Å². The van der Waals surface area contributed by atoms with E-state index in [1.54, 1.807) is 0 Å². The van der Waals surface area contributed by atoms with Gasteiger partial charge >= 0.3 is 0 Å². The number of hydrogen-bond acceptors (Lipinski definition) is 2. The number of aromatic nitrogens is 1. The standard InChI is InChI=1S/C21H15NO2/c1-22-16-7-3-5-9-19(16)24-21-12-15-11-10-14-6-2-4-8-18(14)23-20(15)13-17(21)22/h2-13H,1H3. The molecule has 0 aliphatic carbocycles. The monoisotopic (exact) mass is 313 g/mol. The van der Waals surface area contributed by atoms with Gasteiger partial charge in [0.25, 0.3) is 0 Å². The van der Waals surface area contributed by atoms with Crippen molar-refractivity contribution in [3.05, 3.63) is 72.8 Å². The first-order valence-corrected chi connectivity index (χ1v) is 7.93. The molecular weight excluding hydrogens is 298 g/mol. The molecule has 0 N–H and O–H groups in total. The van der Waals surface area contributed by atoms with Gasteiger partial charge in [0.1, 0.15) is 11.2 Å². The fourth-order valence-corrected chi connectivity index (χ4v) is 3.21. The van der Waals surface area contributed by atoms with Crippen molar-refractivity contribution in [2.45, 2.75) is 0 Å². The van der Waals surface area contributed by atoms with Gasteiger partial charge in [-0.1, -0.05) is 42.5 Å². The van der Waals surface area contributed by atoms with Crippen molar-refractivity contribution in [2.24, 2.45) is 7.05 Å². The van der Waals surface area contributed by atoms with Gasteiger partial charge in [-0.25, -0.2) is 0 Å². The lowest BCUT2D eigenvalue weighted by Crippen LogP contribution is -1.95. The molecule has 2 aromatic heterocycles. The maximum absolute atomic E-state index is 6.16. The Bertz CT molecular complexity index is 1270. The SMILES string of the molecule is Cn1c2ccccc2oc2cc3ccc4ccccc4oc3cc21. The Kier molecular flexibility index (Phi) is 2.71. The predicted molar refractivity (Wildman–Crippen MR) is 97.6 cm³/mol. The topological polar surface area (TPSA) is 31.2 Å². The molecular formula is C21H15NO2. The van der Waals surface area contributed by atoms with Gasteiger partial charge in [0.15, 0.2) is 11.2 Å². The zero-order chi connectivity index (χ0) is 16.1. The lowest BCUT2D eigenvalue weighted by atomic mass is 10.2. The highest BCUT2D eigenvalue weighted by atomic mass is 16.3. The molecule has 2 heterocycles. The molecule has 0 aliphatic rings. The Morgan fingerprint density at radius 3 is 2.21 bits per heavy atom. The van der Waals surface area contributed by atoms with Gasteiger partial charge in [-0.05, 0) is 24.3 Å². The van der Waals surface area contributed by atoms with Crippen molar-refractivity contribution >= 4 is 44.1 Å². The lowest BCUT2D eigenvalue weighted by molar-refractivity contribution is 0.645. The molecule has 0 bridgehead atoms. The minimum Gasteiger partial charge on any atom is -0.456 e. The van der Waals surface area contributed by atoms with E-state index in [9.17, 15) is 0 Å². The van der Waals surface area contributed by atoms with Gasteiger partial charge in [0.2, 0.25) is 0 Å². The van der Waals surface area contributed by atoms with Crippen LogP contribution in [-0.2, 0) is 7.05 Å². The first kappa shape index (κ1) is 13.3. The fraction of sp³-hybridized carbons (Fsp3) is 0.0476. The number of hydrogen-bond donors (Lipinski definition) is 0. The number of fused-ring (bicyclic) bond motifs is 4. The molecule has 24 heavy (non-hydrogen) atoms. The van der Waals surface area contributed by atoms with Crippen LogP contribution < -0.4 is 0 Å². The quantitative estimate of drug-likeness (QED) is 0.331. The van der Waals surface area contributed by atoms with Crippen LogP contribution in [0.4, 0.5) is 0 Å². The zero-order valence-electron chi connectivity index (χ0n) is 13.2. The third-order valence-corrected chi connectivity index (χ3v) is 4.48. The maximum Gasteiger partial charge on any atom is 0.152 e. The number of para-hydroxylation sites is 3. The van der Waals surface area contributed by atoms with Crippen molar-refractivity contribution in [1.29, 1.82) is 0 Å². The predicted octanol–water partition coefficient (Wildman–Crippen LogP) is 5.95. The van der Waals surface area contributed by atoms with Crippen molar-refractivity contribution in [3.63, 3.8) is 0 Å². The van der Waals surface area contributed by atoms with Crippen LogP contribution in [0.5, 0.6) is 0 Å². The van der Waals surface area contributed by atoms with Gasteiger partial charge in [0.05, 0.1) is 11.0 Å². The van der Waals surface area contributed by atoms with Gasteiger partial charge < -0.3 is 13.4 Å². The first-order chi connectivity index (χ1) is 11.8. The summed E-state index contributed by atoms with van der Waals surface area (Å²) in [6.45, 7) is 0. The number of benzene rings is 3. The van der Waals surface area contributed by atoms with E-state index in [-0.39, 0.29) is 0 Å². The molecule has 0 saturated heterocycles. The highest BCUT2D eigenvalue weighted by Gasteiger charge is 2.07. The maximum atomic E-state index is 6.16. The third-order valence-electron chi connectivity index (χ3n) is 4.48. The molecule has 116 valence electrons. The smallest absolute Gasteiger partial charge is 0.152 e. The van der Waals surface area contributed by atoms with Crippen LogP contribution in [0.25, 0.3) is 44.1 Å². The Labute approximate surface area is 138 Å². The molecule has 0 amide bonds. The Morgan fingerprint density at radius 2 is 1.29 bits per heavy atom. The molecule has 0 spiro atoms. The minimum absolute atomic E-state index is 0.838. The molecule has 0 saturated carbocycles. The summed E-state index contributed by atoms with van der Waals surface area (Å²) < 4.78 is 14.4. The number of nitrogens with zero attached hydrogens (tertiary/aromatic N) is 1.